The maximum absolute atomic E-state index is 14.3. The molecule has 0 aromatic heterocycles. The Bertz CT molecular complexity index is 1120. The Morgan fingerprint density at radius 3 is 1.42 bits per heavy atom. The van der Waals surface area contributed by atoms with Gasteiger partial charge in [0, 0.05) is 12.0 Å². The Hall–Kier alpha value is -3.13. The maximum Gasteiger partial charge on any atom is 0.416 e. The van der Waals surface area contributed by atoms with Crippen LogP contribution >= 0.6 is 0 Å². The average molecular weight is 509 g/mol. The monoisotopic (exact) mass is 508 g/mol. The maximum atomic E-state index is 14.3. The van der Waals surface area contributed by atoms with Crippen molar-refractivity contribution in [2.45, 2.75) is 37.2 Å². The second-order valence-corrected chi connectivity index (χ2v) is 9.93. The van der Waals surface area contributed by atoms with Crippen molar-refractivity contribution in [3.63, 3.8) is 0 Å². The van der Waals surface area contributed by atoms with E-state index in [9.17, 15) is 31.1 Å². The van der Waals surface area contributed by atoms with Crippen LogP contribution in [0.2, 0.25) is 0 Å². The van der Waals surface area contributed by atoms with Crippen LogP contribution in [0.25, 0.3) is 0 Å². The number of carbonyl (C=O) groups excluding carboxylic acids is 1. The van der Waals surface area contributed by atoms with Crippen LogP contribution in [0.4, 0.5) is 26.3 Å². The van der Waals surface area contributed by atoms with E-state index in [1.165, 1.54) is 0 Å². The Morgan fingerprint density at radius 2 is 1.08 bits per heavy atom. The van der Waals surface area contributed by atoms with E-state index in [4.69, 9.17) is 0 Å². The molecule has 0 fully saturated rings. The molecule has 0 saturated carbocycles. The minimum absolute atomic E-state index is 0.0398. The van der Waals surface area contributed by atoms with Gasteiger partial charge in [0.2, 0.25) is 0 Å². The summed E-state index contributed by atoms with van der Waals surface area (Å²) >= 11 is 0. The molecular weight excluding hydrogens is 480 g/mol. The van der Waals surface area contributed by atoms with Gasteiger partial charge in [-0.2, -0.15) is 26.3 Å². The number of Topliss-reactive ketones (excluding diaryl/α,β-unsaturated/α-hetero) is 1. The van der Waals surface area contributed by atoms with E-state index in [0.29, 0.717) is 27.7 Å². The molecule has 8 heteroatoms. The number of nitrogens with zero attached hydrogens (tertiary/aromatic N) is 1. The molecule has 1 atom stereocenters. The summed E-state index contributed by atoms with van der Waals surface area (Å²) in [6, 6.07) is 17.9. The first-order valence-electron chi connectivity index (χ1n) is 11.3. The standard InChI is InChI=1S/C28H28F6NO/c1-19(35(2,3)4)18-26(21-11-7-5-8-12-21,22-13-9-6-10-14-22)25(36)20-15-23(27(29,30)31)17-24(16-20)28(32,33)34/h5-17,19H,18H2,1-4H3/q+1/t19-/m0/s1. The highest BCUT2D eigenvalue weighted by Gasteiger charge is 2.47. The number of rotatable bonds is 7. The smallest absolute Gasteiger partial charge is 0.329 e. The summed E-state index contributed by atoms with van der Waals surface area (Å²) in [7, 11) is 5.76. The summed E-state index contributed by atoms with van der Waals surface area (Å²) in [5.74, 6) is -0.822. The third-order valence-electron chi connectivity index (χ3n) is 6.69. The molecule has 2 nitrogen and oxygen atoms in total. The van der Waals surface area contributed by atoms with E-state index in [0.717, 1.165) is 0 Å². The van der Waals surface area contributed by atoms with Crippen LogP contribution in [-0.4, -0.2) is 37.5 Å². The third-order valence-corrected chi connectivity index (χ3v) is 6.69. The fourth-order valence-electron chi connectivity index (χ4n) is 4.25. The molecule has 0 heterocycles. The van der Waals surface area contributed by atoms with E-state index in [1.54, 1.807) is 60.7 Å². The lowest BCUT2D eigenvalue weighted by molar-refractivity contribution is -0.894. The zero-order valence-corrected chi connectivity index (χ0v) is 20.4. The molecule has 3 aromatic carbocycles. The van der Waals surface area contributed by atoms with Crippen LogP contribution in [0, 0.1) is 0 Å². The molecular formula is C28H28F6NO+. The van der Waals surface area contributed by atoms with Gasteiger partial charge in [-0.25, -0.2) is 0 Å². The molecule has 0 aliphatic rings. The Morgan fingerprint density at radius 1 is 0.694 bits per heavy atom. The van der Waals surface area contributed by atoms with E-state index < -0.39 is 40.2 Å². The second-order valence-electron chi connectivity index (χ2n) is 9.93. The number of quaternary nitrogens is 1. The predicted molar refractivity (Wildman–Crippen MR) is 127 cm³/mol. The highest BCUT2D eigenvalue weighted by Crippen LogP contribution is 2.43. The second kappa shape index (κ2) is 9.73. The zero-order valence-electron chi connectivity index (χ0n) is 20.4. The predicted octanol–water partition coefficient (Wildman–Crippen LogP) is 7.38. The first kappa shape index (κ1) is 27.5. The summed E-state index contributed by atoms with van der Waals surface area (Å²) < 4.78 is 82.2. The summed E-state index contributed by atoms with van der Waals surface area (Å²) in [6.45, 7) is 1.90. The van der Waals surface area contributed by atoms with E-state index >= 15 is 0 Å². The van der Waals surface area contributed by atoms with Gasteiger partial charge < -0.3 is 4.48 Å². The lowest BCUT2D eigenvalue weighted by Crippen LogP contribution is -2.50. The van der Waals surface area contributed by atoms with Crippen molar-refractivity contribution in [1.82, 2.24) is 0 Å². The largest absolute Gasteiger partial charge is 0.416 e. The molecule has 0 aliphatic carbocycles. The number of alkyl halides is 6. The van der Waals surface area contributed by atoms with Crippen molar-refractivity contribution >= 4 is 5.78 Å². The SMILES string of the molecule is C[C@@H](CC(C(=O)c1cc(C(F)(F)F)cc(C(F)(F)F)c1)(c1ccccc1)c1ccccc1)[N+](C)(C)C. The van der Waals surface area contributed by atoms with Crippen molar-refractivity contribution in [1.29, 1.82) is 0 Å². The van der Waals surface area contributed by atoms with Gasteiger partial charge in [0.25, 0.3) is 0 Å². The van der Waals surface area contributed by atoms with Crippen molar-refractivity contribution in [3.05, 3.63) is 107 Å². The molecule has 0 spiro atoms. The van der Waals surface area contributed by atoms with Gasteiger partial charge >= 0.3 is 12.4 Å². The van der Waals surface area contributed by atoms with Crippen LogP contribution in [0.1, 0.15) is 46.0 Å². The van der Waals surface area contributed by atoms with E-state index in [2.05, 4.69) is 0 Å². The highest BCUT2D eigenvalue weighted by molar-refractivity contribution is 6.07. The number of carbonyl (C=O) groups is 1. The number of ketones is 1. The fraction of sp³-hybridized carbons (Fsp3) is 0.321. The Kier molecular flexibility index (Phi) is 7.42. The third kappa shape index (κ3) is 5.64. The molecule has 0 saturated heterocycles. The van der Waals surface area contributed by atoms with Gasteiger partial charge in [-0.15, -0.1) is 0 Å². The van der Waals surface area contributed by atoms with E-state index in [1.807, 2.05) is 28.1 Å². The first-order chi connectivity index (χ1) is 16.6. The van der Waals surface area contributed by atoms with Crippen LogP contribution in [0.15, 0.2) is 78.9 Å². The zero-order chi connectivity index (χ0) is 26.9. The topological polar surface area (TPSA) is 17.1 Å². The molecule has 192 valence electrons. The number of benzene rings is 3. The van der Waals surface area contributed by atoms with Gasteiger partial charge in [-0.3, -0.25) is 4.79 Å². The Labute approximate surface area is 206 Å². The van der Waals surface area contributed by atoms with E-state index in [-0.39, 0.29) is 18.5 Å². The highest BCUT2D eigenvalue weighted by atomic mass is 19.4. The summed E-state index contributed by atoms with van der Waals surface area (Å²) in [6.07, 6.45) is -9.97. The Balaban J connectivity index is 2.39. The lowest BCUT2D eigenvalue weighted by Gasteiger charge is -2.40. The quantitative estimate of drug-likeness (QED) is 0.185. The van der Waals surface area contributed by atoms with Gasteiger partial charge in [-0.05, 0) is 36.2 Å². The molecule has 3 aromatic rings. The van der Waals surface area contributed by atoms with Gasteiger partial charge in [0.05, 0.1) is 43.7 Å². The number of hydrogen-bond donors (Lipinski definition) is 0. The minimum Gasteiger partial charge on any atom is -0.329 e. The molecule has 0 unspecified atom stereocenters. The normalized spacial score (nSPS) is 13.9. The van der Waals surface area contributed by atoms with Gasteiger partial charge in [0.15, 0.2) is 5.78 Å². The average Bonchev–Trinajstić information content (AvgIpc) is 2.81. The molecule has 0 radical (unpaired) electrons. The lowest BCUT2D eigenvalue weighted by atomic mass is 9.65. The number of halogens is 6. The van der Waals surface area contributed by atoms with Crippen molar-refractivity contribution < 1.29 is 35.6 Å². The van der Waals surface area contributed by atoms with Crippen LogP contribution in [-0.2, 0) is 17.8 Å². The fourth-order valence-corrected chi connectivity index (χ4v) is 4.25. The molecule has 0 bridgehead atoms. The van der Waals surface area contributed by atoms with Crippen molar-refractivity contribution in [3.8, 4) is 0 Å². The summed E-state index contributed by atoms with van der Waals surface area (Å²) in [4.78, 5) is 14.3. The summed E-state index contributed by atoms with van der Waals surface area (Å²) in [5.41, 5.74) is -4.22. The van der Waals surface area contributed by atoms with Crippen LogP contribution < -0.4 is 0 Å². The van der Waals surface area contributed by atoms with Gasteiger partial charge in [-0.1, -0.05) is 60.7 Å². The molecule has 0 N–H and O–H groups in total. The minimum atomic E-state index is -5.06. The van der Waals surface area contributed by atoms with Crippen molar-refractivity contribution in [2.75, 3.05) is 21.1 Å². The first-order valence-corrected chi connectivity index (χ1v) is 11.3. The van der Waals surface area contributed by atoms with Crippen LogP contribution in [0.3, 0.4) is 0 Å². The van der Waals surface area contributed by atoms with Crippen molar-refractivity contribution in [2.24, 2.45) is 0 Å². The molecule has 0 aliphatic heterocycles. The number of hydrogen-bond acceptors (Lipinski definition) is 1. The van der Waals surface area contributed by atoms with Gasteiger partial charge in [0.1, 0.15) is 0 Å². The molecule has 36 heavy (non-hydrogen) atoms. The summed E-state index contributed by atoms with van der Waals surface area (Å²) in [5, 5.41) is 0. The molecule has 0 amide bonds. The van der Waals surface area contributed by atoms with Crippen LogP contribution in [0.5, 0.6) is 0 Å². The molecule has 3 rings (SSSR count).